The predicted molar refractivity (Wildman–Crippen MR) is 63.0 cm³/mol. The summed E-state index contributed by atoms with van der Waals surface area (Å²) in [5.41, 5.74) is 5.90. The zero-order valence-corrected chi connectivity index (χ0v) is 10.1. The van der Waals surface area contributed by atoms with E-state index in [0.29, 0.717) is 6.61 Å². The number of thiazole rings is 1. The third kappa shape index (κ3) is 4.70. The van der Waals surface area contributed by atoms with Crippen molar-refractivity contribution in [2.24, 2.45) is 5.73 Å². The summed E-state index contributed by atoms with van der Waals surface area (Å²) >= 11 is 1.66. The molecule has 0 fully saturated rings. The van der Waals surface area contributed by atoms with Crippen molar-refractivity contribution in [2.45, 2.75) is 25.4 Å². The molecule has 4 nitrogen and oxygen atoms in total. The Hall–Kier alpha value is -0.490. The van der Waals surface area contributed by atoms with E-state index >= 15 is 0 Å². The van der Waals surface area contributed by atoms with Crippen molar-refractivity contribution in [3.63, 3.8) is 0 Å². The van der Waals surface area contributed by atoms with Gasteiger partial charge in [0.1, 0.15) is 5.01 Å². The highest BCUT2D eigenvalue weighted by molar-refractivity contribution is 7.09. The highest BCUT2D eigenvalue weighted by Gasteiger charge is 2.09. The minimum atomic E-state index is 0.146. The van der Waals surface area contributed by atoms with Crippen LogP contribution >= 0.6 is 11.3 Å². The Bertz CT molecular complexity index is 253. The topological polar surface area (TPSA) is 60.2 Å². The van der Waals surface area contributed by atoms with Crippen molar-refractivity contribution < 1.29 is 4.74 Å². The summed E-state index contributed by atoms with van der Waals surface area (Å²) in [6.45, 7) is 3.61. The van der Waals surface area contributed by atoms with E-state index in [0.717, 1.165) is 18.0 Å². The van der Waals surface area contributed by atoms with E-state index < -0.39 is 0 Å². The van der Waals surface area contributed by atoms with Crippen LogP contribution in [-0.2, 0) is 4.74 Å². The molecule has 86 valence electrons. The SMILES string of the molecule is COCCC(N)CNC(C)c1nccs1. The number of hydrogen-bond acceptors (Lipinski definition) is 5. The summed E-state index contributed by atoms with van der Waals surface area (Å²) in [4.78, 5) is 4.25. The lowest BCUT2D eigenvalue weighted by molar-refractivity contribution is 0.187. The van der Waals surface area contributed by atoms with Gasteiger partial charge in [-0.15, -0.1) is 11.3 Å². The van der Waals surface area contributed by atoms with Gasteiger partial charge in [-0.05, 0) is 13.3 Å². The Morgan fingerprint density at radius 2 is 2.47 bits per heavy atom. The lowest BCUT2D eigenvalue weighted by Gasteiger charge is -2.15. The van der Waals surface area contributed by atoms with E-state index in [2.05, 4.69) is 17.2 Å². The summed E-state index contributed by atoms with van der Waals surface area (Å²) in [6.07, 6.45) is 2.71. The van der Waals surface area contributed by atoms with Crippen LogP contribution in [-0.4, -0.2) is 31.3 Å². The van der Waals surface area contributed by atoms with Crippen LogP contribution < -0.4 is 11.1 Å². The monoisotopic (exact) mass is 229 g/mol. The zero-order chi connectivity index (χ0) is 11.1. The Morgan fingerprint density at radius 1 is 1.67 bits per heavy atom. The van der Waals surface area contributed by atoms with Gasteiger partial charge in [0.2, 0.25) is 0 Å². The molecule has 0 aliphatic heterocycles. The van der Waals surface area contributed by atoms with E-state index in [-0.39, 0.29) is 12.1 Å². The number of rotatable bonds is 7. The molecule has 1 heterocycles. The average molecular weight is 229 g/mol. The van der Waals surface area contributed by atoms with Crippen LogP contribution in [0.4, 0.5) is 0 Å². The van der Waals surface area contributed by atoms with Gasteiger partial charge in [0, 0.05) is 37.9 Å². The number of hydrogen-bond donors (Lipinski definition) is 2. The minimum Gasteiger partial charge on any atom is -0.385 e. The van der Waals surface area contributed by atoms with E-state index in [4.69, 9.17) is 10.5 Å². The van der Waals surface area contributed by atoms with Gasteiger partial charge in [0.05, 0.1) is 6.04 Å². The fourth-order valence-electron chi connectivity index (χ4n) is 1.24. The second kappa shape index (κ2) is 6.90. The van der Waals surface area contributed by atoms with Gasteiger partial charge in [-0.1, -0.05) is 0 Å². The van der Waals surface area contributed by atoms with Gasteiger partial charge in [-0.3, -0.25) is 0 Å². The highest BCUT2D eigenvalue weighted by atomic mass is 32.1. The number of aromatic nitrogens is 1. The summed E-state index contributed by atoms with van der Waals surface area (Å²) in [6, 6.07) is 0.422. The van der Waals surface area contributed by atoms with E-state index in [1.54, 1.807) is 18.4 Å². The average Bonchev–Trinajstić information content (AvgIpc) is 2.76. The normalized spacial score (nSPS) is 15.1. The molecule has 1 aromatic rings. The first kappa shape index (κ1) is 12.6. The van der Waals surface area contributed by atoms with Crippen LogP contribution in [0.3, 0.4) is 0 Å². The summed E-state index contributed by atoms with van der Waals surface area (Å²) < 4.78 is 4.97. The molecular weight excluding hydrogens is 210 g/mol. The van der Waals surface area contributed by atoms with Gasteiger partial charge in [-0.2, -0.15) is 0 Å². The van der Waals surface area contributed by atoms with Crippen LogP contribution in [0.2, 0.25) is 0 Å². The molecule has 0 saturated carbocycles. The molecular formula is C10H19N3OS. The van der Waals surface area contributed by atoms with Crippen LogP contribution in [0.5, 0.6) is 0 Å². The molecule has 1 aromatic heterocycles. The molecule has 0 aliphatic carbocycles. The molecule has 0 aromatic carbocycles. The van der Waals surface area contributed by atoms with Crippen molar-refractivity contribution in [2.75, 3.05) is 20.3 Å². The smallest absolute Gasteiger partial charge is 0.109 e. The minimum absolute atomic E-state index is 0.146. The molecule has 2 atom stereocenters. The fraction of sp³-hybridized carbons (Fsp3) is 0.700. The lowest BCUT2D eigenvalue weighted by atomic mass is 10.2. The highest BCUT2D eigenvalue weighted by Crippen LogP contribution is 2.14. The first-order chi connectivity index (χ1) is 7.24. The Morgan fingerprint density at radius 3 is 3.07 bits per heavy atom. The standard InChI is InChI=1S/C10H19N3OS/c1-8(10-12-4-6-15-10)13-7-9(11)3-5-14-2/h4,6,8-9,13H,3,5,7,11H2,1-2H3. The number of nitrogens with one attached hydrogen (secondary N) is 1. The Labute approximate surface area is 94.8 Å². The van der Waals surface area contributed by atoms with Crippen LogP contribution in [0, 0.1) is 0 Å². The van der Waals surface area contributed by atoms with Gasteiger partial charge in [0.25, 0.3) is 0 Å². The quantitative estimate of drug-likeness (QED) is 0.736. The summed E-state index contributed by atoms with van der Waals surface area (Å²) in [5, 5.41) is 6.45. The van der Waals surface area contributed by atoms with Crippen molar-refractivity contribution >= 4 is 11.3 Å². The molecule has 1 rings (SSSR count). The molecule has 0 bridgehead atoms. The first-order valence-corrected chi connectivity index (χ1v) is 5.99. The van der Waals surface area contributed by atoms with E-state index in [9.17, 15) is 0 Å². The number of ether oxygens (including phenoxy) is 1. The second-order valence-electron chi connectivity index (χ2n) is 3.54. The third-order valence-electron chi connectivity index (χ3n) is 2.20. The Kier molecular flexibility index (Phi) is 5.78. The maximum atomic E-state index is 5.90. The van der Waals surface area contributed by atoms with Crippen molar-refractivity contribution in [1.82, 2.24) is 10.3 Å². The molecule has 0 spiro atoms. The molecule has 0 amide bonds. The molecule has 15 heavy (non-hydrogen) atoms. The summed E-state index contributed by atoms with van der Waals surface area (Å²) in [7, 11) is 1.69. The van der Waals surface area contributed by atoms with Crippen molar-refractivity contribution in [3.8, 4) is 0 Å². The maximum Gasteiger partial charge on any atom is 0.109 e. The molecule has 2 unspecified atom stereocenters. The van der Waals surface area contributed by atoms with Gasteiger partial charge >= 0.3 is 0 Å². The number of nitrogens with zero attached hydrogens (tertiary/aromatic N) is 1. The maximum absolute atomic E-state index is 5.90. The van der Waals surface area contributed by atoms with E-state index in [1.807, 2.05) is 11.6 Å². The van der Waals surface area contributed by atoms with Crippen LogP contribution in [0.25, 0.3) is 0 Å². The Balaban J connectivity index is 2.19. The zero-order valence-electron chi connectivity index (χ0n) is 9.27. The molecule has 0 aliphatic rings. The predicted octanol–water partition coefficient (Wildman–Crippen LogP) is 1.16. The number of methoxy groups -OCH3 is 1. The molecule has 0 saturated heterocycles. The lowest BCUT2D eigenvalue weighted by Crippen LogP contribution is -2.35. The molecule has 3 N–H and O–H groups in total. The molecule has 0 radical (unpaired) electrons. The fourth-order valence-corrected chi connectivity index (χ4v) is 1.91. The largest absolute Gasteiger partial charge is 0.385 e. The van der Waals surface area contributed by atoms with Crippen LogP contribution in [0.1, 0.15) is 24.4 Å². The third-order valence-corrected chi connectivity index (χ3v) is 3.16. The summed E-state index contributed by atoms with van der Waals surface area (Å²) in [5.74, 6) is 0. The van der Waals surface area contributed by atoms with E-state index in [1.165, 1.54) is 0 Å². The molecule has 5 heteroatoms. The second-order valence-corrected chi connectivity index (χ2v) is 4.47. The van der Waals surface area contributed by atoms with Gasteiger partial charge in [-0.25, -0.2) is 4.98 Å². The van der Waals surface area contributed by atoms with Gasteiger partial charge < -0.3 is 15.8 Å². The van der Waals surface area contributed by atoms with Crippen LogP contribution in [0.15, 0.2) is 11.6 Å². The van der Waals surface area contributed by atoms with Crippen molar-refractivity contribution in [3.05, 3.63) is 16.6 Å². The first-order valence-electron chi connectivity index (χ1n) is 5.11. The number of nitrogens with two attached hydrogens (primary N) is 1. The van der Waals surface area contributed by atoms with Crippen molar-refractivity contribution in [1.29, 1.82) is 0 Å². The van der Waals surface area contributed by atoms with Gasteiger partial charge in [0.15, 0.2) is 0 Å².